The van der Waals surface area contributed by atoms with E-state index in [0.29, 0.717) is 5.69 Å². The third kappa shape index (κ3) is 4.28. The molecule has 1 aliphatic heterocycles. The number of thiocarbonyl (C=S) groups is 1. The maximum atomic E-state index is 12.5. The zero-order valence-corrected chi connectivity index (χ0v) is 16.6. The lowest BCUT2D eigenvalue weighted by atomic mass is 10.1. The van der Waals surface area contributed by atoms with Gasteiger partial charge in [0.1, 0.15) is 5.69 Å². The predicted molar refractivity (Wildman–Crippen MR) is 114 cm³/mol. The molecule has 0 bridgehead atoms. The molecule has 1 aliphatic rings. The summed E-state index contributed by atoms with van der Waals surface area (Å²) in [4.78, 5) is 25.6. The van der Waals surface area contributed by atoms with E-state index < -0.39 is 10.8 Å². The molecule has 0 spiro atoms. The van der Waals surface area contributed by atoms with Crippen molar-refractivity contribution in [2.75, 3.05) is 23.3 Å². The Hall–Kier alpha value is -3.00. The number of anilines is 2. The van der Waals surface area contributed by atoms with Crippen molar-refractivity contribution in [3.8, 4) is 0 Å². The Labute approximate surface area is 168 Å². The van der Waals surface area contributed by atoms with Crippen LogP contribution in [0.25, 0.3) is 0 Å². The first-order chi connectivity index (χ1) is 13.4. The number of hydrogen-bond acceptors (Lipinski definition) is 5. The SMILES string of the molecule is Cc1cccc(NC(=S)NC(=O)c2ccc(N3CCCC3)c([N+](=O)[O-])c2)c1C. The number of carbonyl (C=O) groups is 1. The van der Waals surface area contributed by atoms with Crippen LogP contribution < -0.4 is 15.5 Å². The minimum absolute atomic E-state index is 0.0667. The highest BCUT2D eigenvalue weighted by molar-refractivity contribution is 7.80. The predicted octanol–water partition coefficient (Wildman–Crippen LogP) is 3.94. The quantitative estimate of drug-likeness (QED) is 0.461. The van der Waals surface area contributed by atoms with E-state index in [9.17, 15) is 14.9 Å². The molecule has 7 nitrogen and oxygen atoms in total. The van der Waals surface area contributed by atoms with Crippen LogP contribution in [0.15, 0.2) is 36.4 Å². The molecule has 0 aromatic heterocycles. The average Bonchev–Trinajstić information content (AvgIpc) is 3.19. The Bertz CT molecular complexity index is 939. The Morgan fingerprint density at radius 3 is 2.57 bits per heavy atom. The van der Waals surface area contributed by atoms with Gasteiger partial charge < -0.3 is 10.2 Å². The van der Waals surface area contributed by atoms with E-state index in [0.717, 1.165) is 42.7 Å². The molecule has 2 N–H and O–H groups in total. The molecule has 3 rings (SSSR count). The lowest BCUT2D eigenvalue weighted by Crippen LogP contribution is -2.34. The first-order valence-electron chi connectivity index (χ1n) is 9.09. The number of nitrogens with one attached hydrogen (secondary N) is 2. The fraction of sp³-hybridized carbons (Fsp3) is 0.300. The van der Waals surface area contributed by atoms with E-state index >= 15 is 0 Å². The lowest BCUT2D eigenvalue weighted by molar-refractivity contribution is -0.384. The van der Waals surface area contributed by atoms with E-state index in [2.05, 4.69) is 10.6 Å². The van der Waals surface area contributed by atoms with E-state index in [1.807, 2.05) is 36.9 Å². The van der Waals surface area contributed by atoms with Crippen molar-refractivity contribution in [1.82, 2.24) is 5.32 Å². The maximum absolute atomic E-state index is 12.5. The normalized spacial score (nSPS) is 13.3. The first-order valence-corrected chi connectivity index (χ1v) is 9.49. The summed E-state index contributed by atoms with van der Waals surface area (Å²) in [5.41, 5.74) is 3.62. The number of nitro benzene ring substituents is 1. The molecule has 0 radical (unpaired) electrons. The van der Waals surface area contributed by atoms with Crippen molar-refractivity contribution < 1.29 is 9.72 Å². The van der Waals surface area contributed by atoms with E-state index in [1.165, 1.54) is 6.07 Å². The summed E-state index contributed by atoms with van der Waals surface area (Å²) in [6.07, 6.45) is 2.02. The fourth-order valence-electron chi connectivity index (χ4n) is 3.25. The standard InChI is InChI=1S/C20H22N4O3S/c1-13-6-5-7-16(14(13)2)21-20(28)22-19(25)15-8-9-17(18(12-15)24(26)27)23-10-3-4-11-23/h5-9,12H,3-4,10-11H2,1-2H3,(H2,21,22,25,28). The van der Waals surface area contributed by atoms with Crippen LogP contribution in [0.3, 0.4) is 0 Å². The zero-order chi connectivity index (χ0) is 20.3. The lowest BCUT2D eigenvalue weighted by Gasteiger charge is -2.18. The van der Waals surface area contributed by atoms with Gasteiger partial charge in [-0.25, -0.2) is 0 Å². The van der Waals surface area contributed by atoms with E-state index in [4.69, 9.17) is 12.2 Å². The summed E-state index contributed by atoms with van der Waals surface area (Å²) in [6.45, 7) is 5.53. The monoisotopic (exact) mass is 398 g/mol. The summed E-state index contributed by atoms with van der Waals surface area (Å²) in [6, 6.07) is 10.3. The molecule has 1 heterocycles. The van der Waals surface area contributed by atoms with Crippen LogP contribution >= 0.6 is 12.2 Å². The van der Waals surface area contributed by atoms with Gasteiger partial charge in [0.05, 0.1) is 4.92 Å². The van der Waals surface area contributed by atoms with Crippen molar-refractivity contribution in [3.05, 3.63) is 63.2 Å². The molecule has 1 amide bonds. The highest BCUT2D eigenvalue weighted by Gasteiger charge is 2.24. The largest absolute Gasteiger partial charge is 0.366 e. The van der Waals surface area contributed by atoms with Gasteiger partial charge in [0.2, 0.25) is 0 Å². The van der Waals surface area contributed by atoms with Gasteiger partial charge in [-0.1, -0.05) is 12.1 Å². The zero-order valence-electron chi connectivity index (χ0n) is 15.8. The number of benzene rings is 2. The van der Waals surface area contributed by atoms with Crippen LogP contribution in [0.5, 0.6) is 0 Å². The number of hydrogen-bond donors (Lipinski definition) is 2. The van der Waals surface area contributed by atoms with Crippen molar-refractivity contribution >= 4 is 40.3 Å². The Balaban J connectivity index is 1.74. The molecule has 1 fully saturated rings. The molecule has 1 saturated heterocycles. The van der Waals surface area contributed by atoms with E-state index in [-0.39, 0.29) is 16.4 Å². The second kappa shape index (κ2) is 8.35. The number of amides is 1. The molecule has 2 aromatic rings. The molecular weight excluding hydrogens is 376 g/mol. The third-order valence-corrected chi connectivity index (χ3v) is 5.17. The number of nitrogens with zero attached hydrogens (tertiary/aromatic N) is 2. The van der Waals surface area contributed by atoms with Gasteiger partial charge in [-0.15, -0.1) is 0 Å². The summed E-state index contributed by atoms with van der Waals surface area (Å²) in [5.74, 6) is -0.487. The molecule has 0 aliphatic carbocycles. The molecule has 8 heteroatoms. The second-order valence-electron chi connectivity index (χ2n) is 6.81. The highest BCUT2D eigenvalue weighted by atomic mass is 32.1. The van der Waals surface area contributed by atoms with Gasteiger partial charge in [-0.05, 0) is 68.2 Å². The van der Waals surface area contributed by atoms with Gasteiger partial charge in [0.25, 0.3) is 11.6 Å². The average molecular weight is 398 g/mol. The summed E-state index contributed by atoms with van der Waals surface area (Å²) in [5, 5.41) is 17.2. The summed E-state index contributed by atoms with van der Waals surface area (Å²) < 4.78 is 0. The molecule has 0 saturated carbocycles. The minimum Gasteiger partial charge on any atom is -0.366 e. The highest BCUT2D eigenvalue weighted by Crippen LogP contribution is 2.31. The Morgan fingerprint density at radius 2 is 1.89 bits per heavy atom. The van der Waals surface area contributed by atoms with Gasteiger partial charge >= 0.3 is 0 Å². The number of aryl methyl sites for hydroxylation is 1. The van der Waals surface area contributed by atoms with Crippen LogP contribution in [0.1, 0.15) is 34.3 Å². The van der Waals surface area contributed by atoms with Gasteiger partial charge in [0, 0.05) is 30.4 Å². The van der Waals surface area contributed by atoms with Crippen molar-refractivity contribution in [2.45, 2.75) is 26.7 Å². The summed E-state index contributed by atoms with van der Waals surface area (Å²) >= 11 is 5.23. The molecule has 2 aromatic carbocycles. The number of rotatable bonds is 4. The van der Waals surface area contributed by atoms with Crippen LogP contribution in [0, 0.1) is 24.0 Å². The first kappa shape index (κ1) is 19.8. The third-order valence-electron chi connectivity index (χ3n) is 4.96. The molecule has 0 atom stereocenters. The summed E-state index contributed by atoms with van der Waals surface area (Å²) in [7, 11) is 0. The van der Waals surface area contributed by atoms with Crippen molar-refractivity contribution in [1.29, 1.82) is 0 Å². The number of carbonyl (C=O) groups excluding carboxylic acids is 1. The molecule has 28 heavy (non-hydrogen) atoms. The van der Waals surface area contributed by atoms with Crippen LogP contribution in [0.2, 0.25) is 0 Å². The topological polar surface area (TPSA) is 87.5 Å². The Morgan fingerprint density at radius 1 is 1.18 bits per heavy atom. The minimum atomic E-state index is -0.487. The van der Waals surface area contributed by atoms with Gasteiger partial charge in [-0.3, -0.25) is 20.2 Å². The molecule has 0 unspecified atom stereocenters. The van der Waals surface area contributed by atoms with E-state index in [1.54, 1.807) is 12.1 Å². The maximum Gasteiger partial charge on any atom is 0.293 e. The number of nitro groups is 1. The smallest absolute Gasteiger partial charge is 0.293 e. The molecule has 146 valence electrons. The Kier molecular flexibility index (Phi) is 5.89. The molecular formula is C20H22N4O3S. The van der Waals surface area contributed by atoms with Gasteiger partial charge in [0.15, 0.2) is 5.11 Å². The van der Waals surface area contributed by atoms with Crippen molar-refractivity contribution in [3.63, 3.8) is 0 Å². The van der Waals surface area contributed by atoms with Gasteiger partial charge in [-0.2, -0.15) is 0 Å². The van der Waals surface area contributed by atoms with Crippen molar-refractivity contribution in [2.24, 2.45) is 0 Å². The fourth-order valence-corrected chi connectivity index (χ4v) is 3.45. The van der Waals surface area contributed by atoms with Crippen LogP contribution in [0.4, 0.5) is 17.1 Å². The second-order valence-corrected chi connectivity index (χ2v) is 7.22. The van der Waals surface area contributed by atoms with Crippen LogP contribution in [-0.2, 0) is 0 Å². The van der Waals surface area contributed by atoms with Crippen LogP contribution in [-0.4, -0.2) is 29.0 Å².